The summed E-state index contributed by atoms with van der Waals surface area (Å²) in [5.74, 6) is 23.1. The molecule has 4 aromatic carbocycles. The van der Waals surface area contributed by atoms with Crippen LogP contribution in [-0.4, -0.2) is 137 Å². The molecule has 8 bridgehead atoms. The van der Waals surface area contributed by atoms with Gasteiger partial charge in [-0.2, -0.15) is 0 Å². The highest BCUT2D eigenvalue weighted by Crippen LogP contribution is 2.52. The summed E-state index contributed by atoms with van der Waals surface area (Å²) in [6, 6.07) is 31.0. The average molecular weight is 1350 g/mol. The lowest BCUT2D eigenvalue weighted by Gasteiger charge is -2.40. The van der Waals surface area contributed by atoms with Crippen LogP contribution in [0.4, 0.5) is 0 Å². The Kier molecular flexibility index (Phi) is 24.9. The van der Waals surface area contributed by atoms with E-state index in [1.54, 1.807) is 35.5 Å². The third-order valence-electron chi connectivity index (χ3n) is 27.7. The number of hydrogen-bond acceptors (Lipinski definition) is 10. The first-order valence-electron chi connectivity index (χ1n) is 40.5. The quantitative estimate of drug-likeness (QED) is 0.0800. The van der Waals surface area contributed by atoms with E-state index in [-0.39, 0.29) is 11.7 Å². The van der Waals surface area contributed by atoms with Gasteiger partial charge in [0, 0.05) is 53.7 Å². The summed E-state index contributed by atoms with van der Waals surface area (Å²) in [6.45, 7) is 18.4. The summed E-state index contributed by atoms with van der Waals surface area (Å²) in [5.41, 5.74) is 7.39. The number of likely N-dealkylation sites (tertiary alicyclic amines) is 4. The van der Waals surface area contributed by atoms with Crippen molar-refractivity contribution in [3.8, 4) is 40.6 Å². The summed E-state index contributed by atoms with van der Waals surface area (Å²) in [4.78, 5) is 23.7. The first-order valence-corrected chi connectivity index (χ1v) is 40.5. The Morgan fingerprint density at radius 1 is 0.394 bits per heavy atom. The fourth-order valence-electron chi connectivity index (χ4n) is 22.4. The number of ether oxygens (including phenoxy) is 5. The van der Waals surface area contributed by atoms with Crippen LogP contribution in [-0.2, 0) is 0 Å². The highest BCUT2D eigenvalue weighted by Gasteiger charge is 2.46. The molecule has 10 heteroatoms. The van der Waals surface area contributed by atoms with Crippen molar-refractivity contribution in [2.24, 2.45) is 59.2 Å². The van der Waals surface area contributed by atoms with Gasteiger partial charge in [-0.05, 0) is 328 Å². The lowest BCUT2D eigenvalue weighted by molar-refractivity contribution is 0.0938. The standard InChI is InChI=1S/C25H35NO.C23H33NO2.C21H31NO.C20H29NO2/c1-18(2)5-4-6-19-8-10-25(27-3)23(16-19)21-11-13-26(14-12-21)24-17-20-7-9-22(24)15-20;1-15(2)23(25)19-6-7-22(26-3)20(14-19)17-8-10-24(11-9-17)21-13-16-4-5-18(21)12-16;1-23-21-8-3-2-6-19(21)17-11-13-22(14-12-17)20-7-4-5-16-9-10-18(20)15-16;1-22-17-5-6-18(20(13-17)23-2)15-7-9-21(10-8-15)19-12-14-3-4-16(19)11-14/h8,10,16,18,20-22,24H,5,7,9,11-15,17H2,1-3H3;6-7,14-18,21H,4-5,8-13H2,1-3H3;2-3,6,8,16-18,20H,4-5,7,9-15H2,1H3;5-6,13-16,19H,3-4,7-12H2,1-2H3/t20-,22-,24-;16-,18-,21-;;14-,16-,19-/m00.0/s1. The second-order valence-electron chi connectivity index (χ2n) is 34.1. The van der Waals surface area contributed by atoms with E-state index in [1.807, 2.05) is 32.0 Å². The van der Waals surface area contributed by atoms with Crippen molar-refractivity contribution in [3.63, 3.8) is 0 Å². The second-order valence-corrected chi connectivity index (χ2v) is 34.1. The predicted octanol–water partition coefficient (Wildman–Crippen LogP) is 19.3. The highest BCUT2D eigenvalue weighted by atomic mass is 16.5. The number of para-hydroxylation sites is 1. The molecule has 3 unspecified atom stereocenters. The molecule has 0 spiro atoms. The number of fused-ring (bicyclic) bond motifs is 8. The monoisotopic (exact) mass is 1350 g/mol. The van der Waals surface area contributed by atoms with E-state index in [4.69, 9.17) is 23.7 Å². The van der Waals surface area contributed by atoms with E-state index in [1.165, 1.54) is 242 Å². The summed E-state index contributed by atoms with van der Waals surface area (Å²) >= 11 is 0. The molecule has 4 saturated heterocycles. The fraction of sp³-hybridized carbons (Fsp3) is 0.697. The minimum atomic E-state index is 0.0379. The molecule has 0 aromatic heterocycles. The number of ketones is 1. The first-order chi connectivity index (χ1) is 48.3. The van der Waals surface area contributed by atoms with E-state index in [0.717, 1.165) is 118 Å². The van der Waals surface area contributed by atoms with Crippen molar-refractivity contribution < 1.29 is 28.5 Å². The van der Waals surface area contributed by atoms with Crippen LogP contribution in [0.5, 0.6) is 28.7 Å². The maximum atomic E-state index is 12.4. The van der Waals surface area contributed by atoms with Crippen molar-refractivity contribution in [1.29, 1.82) is 0 Å². The van der Waals surface area contributed by atoms with Crippen LogP contribution in [0.2, 0.25) is 0 Å². The van der Waals surface area contributed by atoms with E-state index in [9.17, 15) is 4.79 Å². The maximum absolute atomic E-state index is 12.4. The van der Waals surface area contributed by atoms with Gasteiger partial charge in [0.15, 0.2) is 5.78 Å². The van der Waals surface area contributed by atoms with Crippen LogP contribution in [0.15, 0.2) is 78.9 Å². The summed E-state index contributed by atoms with van der Waals surface area (Å²) in [5, 5.41) is 0. The molecule has 12 atom stereocenters. The largest absolute Gasteiger partial charge is 0.497 e. The molecule has 0 N–H and O–H groups in total. The van der Waals surface area contributed by atoms with Crippen molar-refractivity contribution in [3.05, 3.63) is 112 Å². The molecule has 4 aromatic rings. The van der Waals surface area contributed by atoms with Crippen molar-refractivity contribution in [2.45, 2.75) is 249 Å². The smallest absolute Gasteiger partial charge is 0.165 e. The van der Waals surface area contributed by atoms with Crippen LogP contribution in [0.3, 0.4) is 0 Å². The zero-order valence-electron chi connectivity index (χ0n) is 62.9. The van der Waals surface area contributed by atoms with Crippen LogP contribution in [0.1, 0.15) is 263 Å². The second kappa shape index (κ2) is 34.0. The van der Waals surface area contributed by atoms with Gasteiger partial charge in [-0.25, -0.2) is 0 Å². The Hall–Kier alpha value is -5.05. The van der Waals surface area contributed by atoms with Crippen molar-refractivity contribution in [1.82, 2.24) is 19.6 Å². The zero-order valence-corrected chi connectivity index (χ0v) is 62.9. The first kappa shape index (κ1) is 72.3. The third-order valence-corrected chi connectivity index (χ3v) is 27.7. The van der Waals surface area contributed by atoms with Crippen LogP contribution in [0.25, 0.3) is 0 Å². The van der Waals surface area contributed by atoms with Gasteiger partial charge < -0.3 is 43.3 Å². The van der Waals surface area contributed by atoms with Gasteiger partial charge in [0.25, 0.3) is 0 Å². The highest BCUT2D eigenvalue weighted by molar-refractivity contribution is 5.97. The Balaban J connectivity index is 0.000000119. The lowest BCUT2D eigenvalue weighted by Crippen LogP contribution is -2.44. The number of carbonyl (C=O) groups is 1. The predicted molar refractivity (Wildman–Crippen MR) is 404 cm³/mol. The van der Waals surface area contributed by atoms with Gasteiger partial charge in [0.2, 0.25) is 0 Å². The Labute approximate surface area is 599 Å². The Bertz CT molecular complexity index is 3300. The zero-order chi connectivity index (χ0) is 68.5. The van der Waals surface area contributed by atoms with E-state index in [2.05, 4.69) is 106 Å². The topological polar surface area (TPSA) is 76.2 Å². The van der Waals surface area contributed by atoms with Crippen molar-refractivity contribution in [2.75, 3.05) is 87.9 Å². The number of benzene rings is 4. The molecule has 99 heavy (non-hydrogen) atoms. The van der Waals surface area contributed by atoms with Crippen molar-refractivity contribution >= 4 is 5.78 Å². The van der Waals surface area contributed by atoms with Crippen LogP contribution in [0, 0.1) is 71.0 Å². The number of methoxy groups -OCH3 is 5. The molecule has 16 rings (SSSR count). The number of piperidine rings is 4. The molecule has 12 aliphatic rings. The number of nitrogens with zero attached hydrogens (tertiary/aromatic N) is 4. The molecule has 540 valence electrons. The molecule has 0 amide bonds. The minimum Gasteiger partial charge on any atom is -0.497 e. The third kappa shape index (κ3) is 17.3. The number of carbonyl (C=O) groups excluding carboxylic acids is 1. The van der Waals surface area contributed by atoms with E-state index in [0.29, 0.717) is 29.6 Å². The Morgan fingerprint density at radius 3 is 1.28 bits per heavy atom. The molecule has 8 aliphatic carbocycles. The SMILES string of the molecule is COc1ccc(C#CCC(C)C)cc1C1CCN([C@H]2C[C@H]3CC[C@H]2C3)CC1.COc1ccc(C(=O)C(C)C)cc1C1CCN([C@H]2C[C@H]3CC[C@H]2C3)CC1.COc1ccc(C2CCN([C@H]3C[C@H]4CC[C@H]3C4)CC2)c(OC)c1.COc1ccccc1C1CCN(C2CCCC3CCC2C3)CC1. The van der Waals surface area contributed by atoms with Gasteiger partial charge in [0.1, 0.15) is 28.7 Å². The molecule has 4 aliphatic heterocycles. The number of Topliss-reactive ketones (excluding diaryl/α,β-unsaturated/α-hetero) is 1. The fourth-order valence-corrected chi connectivity index (χ4v) is 22.4. The lowest BCUT2D eigenvalue weighted by atomic mass is 9.85. The molecule has 10 nitrogen and oxygen atoms in total. The van der Waals surface area contributed by atoms with Gasteiger partial charge in [0.05, 0.1) is 35.5 Å². The molecular weight excluding hydrogens is 1220 g/mol. The summed E-state index contributed by atoms with van der Waals surface area (Å²) in [7, 11) is 8.82. The van der Waals surface area contributed by atoms with Crippen LogP contribution < -0.4 is 23.7 Å². The molecule has 8 saturated carbocycles. The molecule has 0 radical (unpaired) electrons. The summed E-state index contributed by atoms with van der Waals surface area (Å²) < 4.78 is 27.9. The van der Waals surface area contributed by atoms with E-state index >= 15 is 0 Å². The molecule has 4 heterocycles. The Morgan fingerprint density at radius 2 is 0.818 bits per heavy atom. The number of rotatable bonds is 16. The molecule has 12 fully saturated rings. The van der Waals surface area contributed by atoms with Gasteiger partial charge in [-0.3, -0.25) is 4.79 Å². The van der Waals surface area contributed by atoms with Gasteiger partial charge >= 0.3 is 0 Å². The summed E-state index contributed by atoms with van der Waals surface area (Å²) in [6.07, 6.45) is 37.7. The average Bonchev–Trinajstić information content (AvgIpc) is 1.73. The van der Waals surface area contributed by atoms with E-state index < -0.39 is 0 Å². The number of hydrogen-bond donors (Lipinski definition) is 0. The maximum Gasteiger partial charge on any atom is 0.165 e. The molecular formula is C89H128N4O6. The van der Waals surface area contributed by atoms with Crippen LogP contribution >= 0.6 is 0 Å². The normalized spacial score (nSPS) is 30.4. The minimum absolute atomic E-state index is 0.0379. The van der Waals surface area contributed by atoms with Gasteiger partial charge in [-0.1, -0.05) is 102 Å². The van der Waals surface area contributed by atoms with Gasteiger partial charge in [-0.15, -0.1) is 0 Å².